The zero-order valence-electron chi connectivity index (χ0n) is 20.6. The fourth-order valence-corrected chi connectivity index (χ4v) is 4.48. The van der Waals surface area contributed by atoms with Gasteiger partial charge in [0.2, 0.25) is 17.5 Å². The van der Waals surface area contributed by atoms with Crippen molar-refractivity contribution >= 4 is 35.2 Å². The number of carbonyl (C=O) groups excluding carboxylic acids is 6. The van der Waals surface area contributed by atoms with Crippen LogP contribution < -0.4 is 5.32 Å². The number of nitrogens with one attached hydrogen (secondary N) is 1. The molecular weight excluding hydrogens is 486 g/mol. The summed E-state index contributed by atoms with van der Waals surface area (Å²) < 4.78 is 10.6. The molecule has 4 atom stereocenters. The van der Waals surface area contributed by atoms with Crippen LogP contribution in [0.15, 0.2) is 0 Å². The summed E-state index contributed by atoms with van der Waals surface area (Å²) in [5, 5.41) is 25.5. The molecule has 0 bridgehead atoms. The number of rotatable bonds is 15. The zero-order chi connectivity index (χ0) is 26.5. The molecule has 5 aliphatic rings. The van der Waals surface area contributed by atoms with Crippen LogP contribution in [-0.2, 0) is 38.2 Å². The number of aliphatic hydroxyl groups excluding tert-OH is 1. The van der Waals surface area contributed by atoms with Crippen LogP contribution in [-0.4, -0.2) is 75.9 Å². The first kappa shape index (κ1) is 26.0. The van der Waals surface area contributed by atoms with Crippen molar-refractivity contribution < 1.29 is 48.5 Å². The van der Waals surface area contributed by atoms with Gasteiger partial charge in [0.15, 0.2) is 17.5 Å². The standard InChI is InChI=1S/C26H33NO10/c28-17(11-36-24(33)15-7-8-15)22(37-25(34)16-9-10-16)26(35,21(31)13-3-4-13)20(27-23(32)14-5-6-14)19(30)18(29)12-1-2-12/h12-17,20,22,28,35H,1-11H2,(H,27,32)/t17-,20-,22-,26+/m1/s1. The van der Waals surface area contributed by atoms with Crippen LogP contribution >= 0.6 is 0 Å². The van der Waals surface area contributed by atoms with Gasteiger partial charge in [0, 0.05) is 17.8 Å². The Hall–Kier alpha value is -2.66. The van der Waals surface area contributed by atoms with Crippen LogP contribution in [0, 0.1) is 29.6 Å². The van der Waals surface area contributed by atoms with E-state index in [1.54, 1.807) is 0 Å². The van der Waals surface area contributed by atoms with Crippen LogP contribution in [0.25, 0.3) is 0 Å². The molecule has 0 radical (unpaired) electrons. The SMILES string of the molecule is O=C(N[C@H](C(=O)C(=O)C1CC1)[C@](O)(C(=O)C1CC1)[C@H](OC(=O)C1CC1)[C@H](O)COC(=O)C1CC1)C1CC1. The highest BCUT2D eigenvalue weighted by Crippen LogP contribution is 2.41. The summed E-state index contributed by atoms with van der Waals surface area (Å²) >= 11 is 0. The number of hydrogen-bond donors (Lipinski definition) is 3. The molecule has 0 saturated heterocycles. The third-order valence-corrected chi connectivity index (χ3v) is 7.71. The third kappa shape index (κ3) is 5.77. The lowest BCUT2D eigenvalue weighted by atomic mass is 9.76. The van der Waals surface area contributed by atoms with Crippen molar-refractivity contribution in [2.45, 2.75) is 88.1 Å². The fourth-order valence-electron chi connectivity index (χ4n) is 4.48. The van der Waals surface area contributed by atoms with E-state index >= 15 is 0 Å². The van der Waals surface area contributed by atoms with E-state index in [4.69, 9.17) is 9.47 Å². The van der Waals surface area contributed by atoms with Crippen molar-refractivity contribution in [2.24, 2.45) is 29.6 Å². The molecule has 11 nitrogen and oxygen atoms in total. The van der Waals surface area contributed by atoms with Gasteiger partial charge in [-0.15, -0.1) is 0 Å². The number of hydrogen-bond acceptors (Lipinski definition) is 10. The quantitative estimate of drug-likeness (QED) is 0.194. The zero-order valence-corrected chi connectivity index (χ0v) is 20.6. The number of Topliss-reactive ketones (excluding diaryl/α,β-unsaturated/α-hetero) is 3. The van der Waals surface area contributed by atoms with Gasteiger partial charge in [-0.05, 0) is 64.2 Å². The Morgan fingerprint density at radius 2 is 1.27 bits per heavy atom. The average molecular weight is 520 g/mol. The lowest BCUT2D eigenvalue weighted by molar-refractivity contribution is -0.198. The highest BCUT2D eigenvalue weighted by Gasteiger charge is 2.63. The lowest BCUT2D eigenvalue weighted by Gasteiger charge is -2.41. The minimum Gasteiger partial charge on any atom is -0.463 e. The molecule has 37 heavy (non-hydrogen) atoms. The van der Waals surface area contributed by atoms with Gasteiger partial charge in [0.25, 0.3) is 0 Å². The number of carbonyl (C=O) groups is 6. The first-order chi connectivity index (χ1) is 17.6. The van der Waals surface area contributed by atoms with Crippen LogP contribution in [0.4, 0.5) is 0 Å². The number of ether oxygens (including phenoxy) is 2. The van der Waals surface area contributed by atoms with E-state index in [2.05, 4.69) is 5.32 Å². The van der Waals surface area contributed by atoms with Crippen molar-refractivity contribution in [3.8, 4) is 0 Å². The average Bonchev–Trinajstić information content (AvgIpc) is 3.72. The first-order valence-electron chi connectivity index (χ1n) is 13.3. The summed E-state index contributed by atoms with van der Waals surface area (Å²) in [6.45, 7) is -0.702. The van der Waals surface area contributed by atoms with Gasteiger partial charge in [-0.2, -0.15) is 0 Å². The van der Waals surface area contributed by atoms with E-state index in [0.29, 0.717) is 64.2 Å². The maximum absolute atomic E-state index is 13.6. The summed E-state index contributed by atoms with van der Waals surface area (Å²) in [6, 6.07) is -2.05. The lowest BCUT2D eigenvalue weighted by Crippen LogP contribution is -2.71. The number of amides is 1. The molecule has 0 heterocycles. The molecule has 0 spiro atoms. The van der Waals surface area contributed by atoms with Gasteiger partial charge < -0.3 is 25.0 Å². The van der Waals surface area contributed by atoms with Crippen LogP contribution in [0.2, 0.25) is 0 Å². The Labute approximate surface area is 213 Å². The monoisotopic (exact) mass is 519 g/mol. The summed E-state index contributed by atoms with van der Waals surface area (Å²) in [6.07, 6.45) is 1.25. The molecule has 3 N–H and O–H groups in total. The van der Waals surface area contributed by atoms with Gasteiger partial charge in [-0.1, -0.05) is 0 Å². The molecule has 1 amide bonds. The van der Waals surface area contributed by atoms with Crippen molar-refractivity contribution in [2.75, 3.05) is 6.61 Å². The Balaban J connectivity index is 1.49. The molecule has 5 saturated carbocycles. The molecule has 0 unspecified atom stereocenters. The minimum atomic E-state index is -2.93. The number of ketones is 3. The summed E-state index contributed by atoms with van der Waals surface area (Å²) in [5.74, 6) is -7.33. The number of esters is 2. The molecular formula is C26H33NO10. The van der Waals surface area contributed by atoms with E-state index in [9.17, 15) is 39.0 Å². The van der Waals surface area contributed by atoms with E-state index in [0.717, 1.165) is 0 Å². The van der Waals surface area contributed by atoms with Gasteiger partial charge in [-0.3, -0.25) is 28.8 Å². The minimum absolute atomic E-state index is 0.296. The molecule has 0 aromatic heterocycles. The summed E-state index contributed by atoms with van der Waals surface area (Å²) in [5.41, 5.74) is -2.93. The Bertz CT molecular complexity index is 1000. The molecule has 11 heteroatoms. The van der Waals surface area contributed by atoms with Gasteiger partial charge >= 0.3 is 11.9 Å². The molecule has 202 valence electrons. The maximum atomic E-state index is 13.6. The van der Waals surface area contributed by atoms with E-state index in [1.807, 2.05) is 0 Å². The Morgan fingerprint density at radius 3 is 1.78 bits per heavy atom. The summed E-state index contributed by atoms with van der Waals surface area (Å²) in [7, 11) is 0. The van der Waals surface area contributed by atoms with Crippen LogP contribution in [0.1, 0.15) is 64.2 Å². The largest absolute Gasteiger partial charge is 0.463 e. The molecule has 0 aromatic rings. The topological polar surface area (TPSA) is 173 Å². The molecule has 5 rings (SSSR count). The Kier molecular flexibility index (Phi) is 6.95. The van der Waals surface area contributed by atoms with Gasteiger partial charge in [0.05, 0.1) is 11.8 Å². The predicted octanol–water partition coefficient (Wildman–Crippen LogP) is -0.224. The first-order valence-corrected chi connectivity index (χ1v) is 13.3. The molecule has 5 aliphatic carbocycles. The number of aliphatic hydroxyl groups is 2. The maximum Gasteiger partial charge on any atom is 0.309 e. The molecule has 5 fully saturated rings. The van der Waals surface area contributed by atoms with E-state index in [1.165, 1.54) is 0 Å². The Morgan fingerprint density at radius 1 is 0.757 bits per heavy atom. The van der Waals surface area contributed by atoms with E-state index < -0.39 is 89.3 Å². The second-order valence-electron chi connectivity index (χ2n) is 11.3. The normalized spacial score (nSPS) is 25.1. The smallest absolute Gasteiger partial charge is 0.309 e. The second-order valence-corrected chi connectivity index (χ2v) is 11.3. The highest BCUT2D eigenvalue weighted by atomic mass is 16.6. The van der Waals surface area contributed by atoms with Gasteiger partial charge in [-0.25, -0.2) is 0 Å². The third-order valence-electron chi connectivity index (χ3n) is 7.71. The van der Waals surface area contributed by atoms with Crippen molar-refractivity contribution in [1.82, 2.24) is 5.32 Å². The van der Waals surface area contributed by atoms with Crippen molar-refractivity contribution in [1.29, 1.82) is 0 Å². The van der Waals surface area contributed by atoms with Crippen molar-refractivity contribution in [3.05, 3.63) is 0 Å². The predicted molar refractivity (Wildman–Crippen MR) is 122 cm³/mol. The highest BCUT2D eigenvalue weighted by molar-refractivity contribution is 6.41. The van der Waals surface area contributed by atoms with Gasteiger partial charge in [0.1, 0.15) is 18.8 Å². The molecule has 0 aromatic carbocycles. The summed E-state index contributed by atoms with van der Waals surface area (Å²) in [4.78, 5) is 77.5. The molecule has 0 aliphatic heterocycles. The second kappa shape index (κ2) is 9.90. The fraction of sp³-hybridized carbons (Fsp3) is 0.769. The van der Waals surface area contributed by atoms with E-state index in [-0.39, 0.29) is 5.92 Å². The van der Waals surface area contributed by atoms with Crippen molar-refractivity contribution in [3.63, 3.8) is 0 Å². The van der Waals surface area contributed by atoms with Crippen LogP contribution in [0.5, 0.6) is 0 Å². The van der Waals surface area contributed by atoms with Crippen LogP contribution in [0.3, 0.4) is 0 Å².